The number of phenols is 1. The third kappa shape index (κ3) is 5.16. The van der Waals surface area contributed by atoms with Crippen LogP contribution in [0.2, 0.25) is 5.02 Å². The van der Waals surface area contributed by atoms with E-state index in [1.165, 1.54) is 12.1 Å². The number of hydrogen-bond acceptors (Lipinski definition) is 8. The zero-order chi connectivity index (χ0) is 26.9. The highest BCUT2D eigenvalue weighted by Gasteiger charge is 2.47. The Morgan fingerprint density at radius 1 is 1.32 bits per heavy atom. The predicted octanol–water partition coefficient (Wildman–Crippen LogP) is 4.85. The second kappa shape index (κ2) is 11.0. The Labute approximate surface area is 233 Å². The second-order valence-corrected chi connectivity index (χ2v) is 10.9. The van der Waals surface area contributed by atoms with E-state index in [9.17, 15) is 15.0 Å². The molecule has 0 radical (unpaired) electrons. The highest BCUT2D eigenvalue weighted by atomic mass is 79.9. The Hall–Kier alpha value is -2.98. The number of aromatic hydroxyl groups is 1. The molecule has 1 fully saturated rings. The number of β-amino-alcohol motifs (C(OH)–C–C–N with tert-alkyl or cyclic N) is 1. The lowest BCUT2D eigenvalue weighted by molar-refractivity contribution is 0.112. The largest absolute Gasteiger partial charge is 0.507 e. The van der Waals surface area contributed by atoms with Gasteiger partial charge < -0.3 is 19.4 Å². The van der Waals surface area contributed by atoms with E-state index in [0.717, 1.165) is 23.2 Å². The quantitative estimate of drug-likeness (QED) is 0.279. The molecule has 3 atom stereocenters. The Morgan fingerprint density at radius 2 is 2.13 bits per heavy atom. The van der Waals surface area contributed by atoms with Crippen molar-refractivity contribution in [1.82, 2.24) is 15.1 Å². The molecule has 38 heavy (non-hydrogen) atoms. The maximum atomic E-state index is 11.2. The van der Waals surface area contributed by atoms with Gasteiger partial charge >= 0.3 is 0 Å². The number of carbonyl (C=O) groups excluding carboxylic acids is 1. The van der Waals surface area contributed by atoms with E-state index in [0.29, 0.717) is 37.6 Å². The van der Waals surface area contributed by atoms with Crippen molar-refractivity contribution in [3.63, 3.8) is 0 Å². The van der Waals surface area contributed by atoms with Crippen LogP contribution in [0.4, 0.5) is 0 Å². The van der Waals surface area contributed by atoms with E-state index in [1.54, 1.807) is 0 Å². The van der Waals surface area contributed by atoms with Gasteiger partial charge in [0.05, 0.1) is 28.1 Å². The first-order valence-electron chi connectivity index (χ1n) is 12.2. The van der Waals surface area contributed by atoms with Crippen LogP contribution < -0.4 is 4.74 Å². The normalized spacial score (nSPS) is 23.4. The Morgan fingerprint density at radius 3 is 2.87 bits per heavy atom. The summed E-state index contributed by atoms with van der Waals surface area (Å²) in [5.41, 5.74) is 2.35. The molecular weight excluding hydrogens is 574 g/mol. The molecule has 5 rings (SSSR count). The summed E-state index contributed by atoms with van der Waals surface area (Å²) >= 11 is 10.3. The lowest BCUT2D eigenvalue weighted by Crippen LogP contribution is -2.42. The number of hydrogen-bond donors (Lipinski definition) is 2. The van der Waals surface area contributed by atoms with Gasteiger partial charge in [-0.3, -0.25) is 9.69 Å². The first-order valence-corrected chi connectivity index (χ1v) is 13.5. The summed E-state index contributed by atoms with van der Waals surface area (Å²) in [5, 5.41) is 29.0. The van der Waals surface area contributed by atoms with Crippen molar-refractivity contribution in [3.05, 3.63) is 88.1 Å². The standard InChI is InChI=1S/C28H27BrClN3O5/c1-17-5-2-3-6-20(17)21-7-4-9-28(26(21)29,16-37-24-12-23(36)18(15-34)11-22(24)30)27-32-31-25(38-27)14-33-10-8-19(35)13-33/h2-7,9,11-12,15,19,26,35-36H,8,10,13-14,16H2,1H3/t19?,26-,28?/m1/s1. The van der Waals surface area contributed by atoms with E-state index < -0.39 is 5.41 Å². The van der Waals surface area contributed by atoms with Crippen LogP contribution in [0.3, 0.4) is 0 Å². The van der Waals surface area contributed by atoms with Crippen LogP contribution in [-0.4, -0.2) is 62.2 Å². The number of allylic oxidation sites excluding steroid dienone is 3. The number of nitrogens with zero attached hydrogens (tertiary/aromatic N) is 3. The zero-order valence-corrected chi connectivity index (χ0v) is 23.0. The summed E-state index contributed by atoms with van der Waals surface area (Å²) in [4.78, 5) is 12.9. The molecular formula is C28H27BrClN3O5. The van der Waals surface area contributed by atoms with Crippen LogP contribution in [0, 0.1) is 6.92 Å². The lowest BCUT2D eigenvalue weighted by Gasteiger charge is -2.36. The number of carbonyl (C=O) groups is 1. The van der Waals surface area contributed by atoms with Crippen LogP contribution in [0.1, 0.15) is 39.7 Å². The van der Waals surface area contributed by atoms with E-state index in [1.807, 2.05) is 30.4 Å². The van der Waals surface area contributed by atoms with Crippen molar-refractivity contribution < 1.29 is 24.2 Å². The number of benzene rings is 2. The molecule has 198 valence electrons. The van der Waals surface area contributed by atoms with Gasteiger partial charge in [-0.05, 0) is 36.1 Å². The van der Waals surface area contributed by atoms with Crippen LogP contribution >= 0.6 is 27.5 Å². The first kappa shape index (κ1) is 26.6. The second-order valence-electron chi connectivity index (χ2n) is 9.63. The van der Waals surface area contributed by atoms with Crippen molar-refractivity contribution in [1.29, 1.82) is 0 Å². The number of ether oxygens (including phenoxy) is 1. The molecule has 1 aliphatic heterocycles. The highest BCUT2D eigenvalue weighted by molar-refractivity contribution is 9.09. The minimum absolute atomic E-state index is 0.0479. The smallest absolute Gasteiger partial charge is 0.231 e. The number of rotatable bonds is 8. The van der Waals surface area contributed by atoms with Crippen molar-refractivity contribution >= 4 is 39.4 Å². The van der Waals surface area contributed by atoms with Gasteiger partial charge in [0.1, 0.15) is 23.5 Å². The molecule has 1 aliphatic carbocycles. The number of aliphatic hydroxyl groups excluding tert-OH is 1. The molecule has 0 saturated carbocycles. The van der Waals surface area contributed by atoms with Gasteiger partial charge in [-0.2, -0.15) is 0 Å². The van der Waals surface area contributed by atoms with Crippen molar-refractivity contribution in [2.45, 2.75) is 36.2 Å². The first-order chi connectivity index (χ1) is 18.3. The minimum atomic E-state index is -0.926. The van der Waals surface area contributed by atoms with E-state index in [2.05, 4.69) is 50.1 Å². The lowest BCUT2D eigenvalue weighted by atomic mass is 9.76. The average Bonchev–Trinajstić information content (AvgIpc) is 3.55. The zero-order valence-electron chi connectivity index (χ0n) is 20.7. The molecule has 3 aromatic rings. The fourth-order valence-corrected chi connectivity index (χ4v) is 5.98. The van der Waals surface area contributed by atoms with E-state index in [-0.39, 0.29) is 39.6 Å². The van der Waals surface area contributed by atoms with Gasteiger partial charge in [0.25, 0.3) is 0 Å². The molecule has 8 nitrogen and oxygen atoms in total. The molecule has 2 aromatic carbocycles. The molecule has 2 aliphatic rings. The highest BCUT2D eigenvalue weighted by Crippen LogP contribution is 2.45. The van der Waals surface area contributed by atoms with Crippen molar-refractivity contribution in [2.24, 2.45) is 0 Å². The maximum Gasteiger partial charge on any atom is 0.231 e. The van der Waals surface area contributed by atoms with E-state index in [4.69, 9.17) is 20.8 Å². The SMILES string of the molecule is Cc1ccccc1C1=CC=CC(COc2cc(O)c(C=O)cc2Cl)(c2nnc(CN3CCC(O)C3)o2)[C@@H]1Br. The summed E-state index contributed by atoms with van der Waals surface area (Å²) in [6.07, 6.45) is 6.84. The summed E-state index contributed by atoms with van der Waals surface area (Å²) in [7, 11) is 0. The predicted molar refractivity (Wildman–Crippen MR) is 147 cm³/mol. The van der Waals surface area contributed by atoms with Crippen molar-refractivity contribution in [3.8, 4) is 11.5 Å². The monoisotopic (exact) mass is 599 g/mol. The van der Waals surface area contributed by atoms with Crippen LogP contribution in [0.25, 0.3) is 5.57 Å². The Balaban J connectivity index is 1.50. The fourth-order valence-electron chi connectivity index (χ4n) is 4.87. The molecule has 0 bridgehead atoms. The van der Waals surface area contributed by atoms with Gasteiger partial charge in [0.2, 0.25) is 11.8 Å². The Bertz CT molecular complexity index is 1410. The topological polar surface area (TPSA) is 109 Å². The van der Waals surface area contributed by atoms with Gasteiger partial charge in [0, 0.05) is 19.2 Å². The molecule has 10 heteroatoms. The van der Waals surface area contributed by atoms with Gasteiger partial charge in [0.15, 0.2) is 6.29 Å². The molecule has 2 N–H and O–H groups in total. The average molecular weight is 601 g/mol. The number of phenolic OH excluding ortho intramolecular Hbond substituents is 1. The number of aromatic nitrogens is 2. The van der Waals surface area contributed by atoms with Crippen LogP contribution in [0.5, 0.6) is 11.5 Å². The third-order valence-electron chi connectivity index (χ3n) is 7.00. The van der Waals surface area contributed by atoms with E-state index >= 15 is 0 Å². The Kier molecular flexibility index (Phi) is 7.72. The number of aliphatic hydroxyl groups is 1. The molecule has 2 unspecified atom stereocenters. The summed E-state index contributed by atoms with van der Waals surface area (Å²) < 4.78 is 12.4. The molecule has 0 spiro atoms. The summed E-state index contributed by atoms with van der Waals surface area (Å²) in [6.45, 7) is 3.86. The summed E-state index contributed by atoms with van der Waals surface area (Å²) in [5.74, 6) is 0.797. The number of halogens is 2. The fraction of sp³-hybridized carbons (Fsp3) is 0.321. The molecule has 1 saturated heterocycles. The molecule has 1 aromatic heterocycles. The molecule has 2 heterocycles. The van der Waals surface area contributed by atoms with Crippen LogP contribution in [-0.2, 0) is 12.0 Å². The van der Waals surface area contributed by atoms with Crippen LogP contribution in [0.15, 0.2) is 59.0 Å². The van der Waals surface area contributed by atoms with Crippen molar-refractivity contribution in [2.75, 3.05) is 19.7 Å². The van der Waals surface area contributed by atoms with Gasteiger partial charge in [-0.25, -0.2) is 0 Å². The molecule has 0 amide bonds. The number of aryl methyl sites for hydroxylation is 1. The minimum Gasteiger partial charge on any atom is -0.507 e. The van der Waals surface area contributed by atoms with Gasteiger partial charge in [-0.15, -0.1) is 10.2 Å². The van der Waals surface area contributed by atoms with Gasteiger partial charge in [-0.1, -0.05) is 70.0 Å². The number of aldehydes is 1. The number of likely N-dealkylation sites (tertiary alicyclic amines) is 1. The maximum absolute atomic E-state index is 11.2. The number of alkyl halides is 1. The third-order valence-corrected chi connectivity index (χ3v) is 8.60. The summed E-state index contributed by atoms with van der Waals surface area (Å²) in [6, 6.07) is 10.8.